The predicted molar refractivity (Wildman–Crippen MR) is 82.0 cm³/mol. The number of hydrogen-bond acceptors (Lipinski definition) is 3. The number of hydrogen-bond donors (Lipinski definition) is 0. The minimum Gasteiger partial charge on any atom is -0.457 e. The molecule has 0 aliphatic heterocycles. The maximum absolute atomic E-state index is 10.8. The van der Waals surface area contributed by atoms with Crippen molar-refractivity contribution in [3.63, 3.8) is 0 Å². The molecule has 0 heterocycles. The summed E-state index contributed by atoms with van der Waals surface area (Å²) in [7, 11) is 0. The van der Waals surface area contributed by atoms with Crippen molar-refractivity contribution in [2.24, 2.45) is 0 Å². The van der Waals surface area contributed by atoms with Crippen LogP contribution in [0.4, 0.5) is 5.69 Å². The molecule has 0 atom stereocenters. The lowest BCUT2D eigenvalue weighted by atomic mass is 10.2. The van der Waals surface area contributed by atoms with Gasteiger partial charge in [0.1, 0.15) is 11.5 Å². The Bertz CT molecular complexity index is 661. The summed E-state index contributed by atoms with van der Waals surface area (Å²) >= 11 is 9.21. The van der Waals surface area contributed by atoms with Crippen LogP contribution in [0.2, 0.25) is 5.02 Å². The van der Waals surface area contributed by atoms with Crippen LogP contribution >= 0.6 is 27.5 Å². The Labute approximate surface area is 129 Å². The van der Waals surface area contributed by atoms with E-state index in [-0.39, 0.29) is 5.69 Å². The fourth-order valence-corrected chi connectivity index (χ4v) is 2.39. The molecule has 0 radical (unpaired) electrons. The number of halogens is 2. The van der Waals surface area contributed by atoms with Crippen LogP contribution in [0.3, 0.4) is 0 Å². The molecule has 2 rings (SSSR count). The number of nitrogens with zero attached hydrogens (tertiary/aromatic N) is 1. The average Bonchev–Trinajstić information content (AvgIpc) is 2.42. The van der Waals surface area contributed by atoms with Gasteiger partial charge in [-0.3, -0.25) is 10.1 Å². The first-order valence-electron chi connectivity index (χ1n) is 5.78. The zero-order valence-corrected chi connectivity index (χ0v) is 12.9. The molecule has 0 bridgehead atoms. The Kier molecular flexibility index (Phi) is 4.62. The van der Waals surface area contributed by atoms with Crippen molar-refractivity contribution < 1.29 is 9.66 Å². The van der Waals surface area contributed by atoms with Gasteiger partial charge in [-0.1, -0.05) is 27.5 Å². The summed E-state index contributed by atoms with van der Waals surface area (Å²) in [6.07, 6.45) is 0. The van der Waals surface area contributed by atoms with Gasteiger partial charge in [-0.05, 0) is 36.8 Å². The van der Waals surface area contributed by atoms with Crippen molar-refractivity contribution in [1.82, 2.24) is 0 Å². The van der Waals surface area contributed by atoms with Gasteiger partial charge in [-0.2, -0.15) is 0 Å². The van der Waals surface area contributed by atoms with E-state index in [9.17, 15) is 10.1 Å². The highest BCUT2D eigenvalue weighted by atomic mass is 79.9. The van der Waals surface area contributed by atoms with Crippen molar-refractivity contribution in [3.05, 3.63) is 62.7 Å². The normalized spacial score (nSPS) is 10.3. The van der Waals surface area contributed by atoms with Crippen LogP contribution in [0.25, 0.3) is 0 Å². The summed E-state index contributed by atoms with van der Waals surface area (Å²) in [5, 5.41) is 11.9. The minimum atomic E-state index is -0.427. The molecule has 0 amide bonds. The van der Waals surface area contributed by atoms with E-state index in [1.54, 1.807) is 24.3 Å². The highest BCUT2D eigenvalue weighted by Gasteiger charge is 2.12. The summed E-state index contributed by atoms with van der Waals surface area (Å²) in [6, 6.07) is 9.83. The Morgan fingerprint density at radius 1 is 1.25 bits per heavy atom. The zero-order chi connectivity index (χ0) is 14.7. The number of aryl methyl sites for hydroxylation is 1. The molecule has 0 N–H and O–H groups in total. The molecule has 0 unspecified atom stereocenters. The zero-order valence-electron chi connectivity index (χ0n) is 10.6. The van der Waals surface area contributed by atoms with Crippen LogP contribution in [0.1, 0.15) is 11.1 Å². The molecule has 0 saturated carbocycles. The number of non-ortho nitro benzene ring substituents is 1. The third kappa shape index (κ3) is 3.29. The van der Waals surface area contributed by atoms with Crippen molar-refractivity contribution in [2.45, 2.75) is 12.3 Å². The van der Waals surface area contributed by atoms with Crippen LogP contribution in [0.5, 0.6) is 11.5 Å². The first-order chi connectivity index (χ1) is 9.51. The first kappa shape index (κ1) is 14.8. The first-order valence-corrected chi connectivity index (χ1v) is 7.28. The maximum atomic E-state index is 10.8. The Balaban J connectivity index is 2.35. The molecule has 0 spiro atoms. The van der Waals surface area contributed by atoms with E-state index >= 15 is 0 Å². The lowest BCUT2D eigenvalue weighted by Gasteiger charge is -2.11. The number of alkyl halides is 1. The Morgan fingerprint density at radius 2 is 1.95 bits per heavy atom. The molecule has 2 aromatic rings. The standard InChI is InChI=1S/C14H11BrClNO3/c1-9-6-11(16)2-4-13(9)20-14-5-3-12(17(18)19)7-10(14)8-15/h2-7H,8H2,1H3. The summed E-state index contributed by atoms with van der Waals surface area (Å²) in [6.45, 7) is 1.89. The fourth-order valence-electron chi connectivity index (χ4n) is 1.73. The largest absolute Gasteiger partial charge is 0.457 e. The van der Waals surface area contributed by atoms with Gasteiger partial charge in [0.05, 0.1) is 4.92 Å². The van der Waals surface area contributed by atoms with Gasteiger partial charge in [0.15, 0.2) is 0 Å². The summed E-state index contributed by atoms with van der Waals surface area (Å²) in [4.78, 5) is 10.3. The lowest BCUT2D eigenvalue weighted by molar-refractivity contribution is -0.384. The molecular formula is C14H11BrClNO3. The van der Waals surface area contributed by atoms with E-state index in [2.05, 4.69) is 15.9 Å². The van der Waals surface area contributed by atoms with E-state index in [1.165, 1.54) is 12.1 Å². The number of nitro groups is 1. The summed E-state index contributed by atoms with van der Waals surface area (Å²) in [5.41, 5.74) is 1.66. The van der Waals surface area contributed by atoms with E-state index in [0.717, 1.165) is 5.56 Å². The number of nitro benzene ring substituents is 1. The van der Waals surface area contributed by atoms with E-state index in [0.29, 0.717) is 27.4 Å². The van der Waals surface area contributed by atoms with Gasteiger partial charge in [-0.15, -0.1) is 0 Å². The Morgan fingerprint density at radius 3 is 2.55 bits per heavy atom. The van der Waals surface area contributed by atoms with Gasteiger partial charge in [0.25, 0.3) is 5.69 Å². The second-order valence-corrected chi connectivity index (χ2v) is 5.19. The number of rotatable bonds is 4. The second kappa shape index (κ2) is 6.24. The van der Waals surface area contributed by atoms with E-state index in [4.69, 9.17) is 16.3 Å². The van der Waals surface area contributed by atoms with Crippen molar-refractivity contribution in [2.75, 3.05) is 0 Å². The minimum absolute atomic E-state index is 0.0413. The molecule has 0 aliphatic rings. The number of ether oxygens (including phenoxy) is 1. The lowest BCUT2D eigenvalue weighted by Crippen LogP contribution is -1.94. The SMILES string of the molecule is Cc1cc(Cl)ccc1Oc1ccc([N+](=O)[O-])cc1CBr. The third-order valence-corrected chi connectivity index (χ3v) is 3.59. The molecule has 6 heteroatoms. The molecular weight excluding hydrogens is 346 g/mol. The smallest absolute Gasteiger partial charge is 0.270 e. The monoisotopic (exact) mass is 355 g/mol. The second-order valence-electron chi connectivity index (χ2n) is 4.19. The summed E-state index contributed by atoms with van der Waals surface area (Å²) < 4.78 is 5.81. The quantitative estimate of drug-likeness (QED) is 0.427. The highest BCUT2D eigenvalue weighted by Crippen LogP contribution is 2.32. The van der Waals surface area contributed by atoms with Crippen molar-refractivity contribution >= 4 is 33.2 Å². The van der Waals surface area contributed by atoms with Crippen molar-refractivity contribution in [3.8, 4) is 11.5 Å². The molecule has 104 valence electrons. The molecule has 0 aromatic heterocycles. The van der Waals surface area contributed by atoms with Crippen LogP contribution < -0.4 is 4.74 Å². The van der Waals surface area contributed by atoms with Crippen LogP contribution in [-0.2, 0) is 5.33 Å². The molecule has 0 saturated heterocycles. The molecule has 20 heavy (non-hydrogen) atoms. The molecule has 2 aromatic carbocycles. The molecule has 4 nitrogen and oxygen atoms in total. The van der Waals surface area contributed by atoms with E-state index in [1.807, 2.05) is 6.92 Å². The van der Waals surface area contributed by atoms with Gasteiger partial charge in [0.2, 0.25) is 0 Å². The topological polar surface area (TPSA) is 52.4 Å². The summed E-state index contributed by atoms with van der Waals surface area (Å²) in [5.74, 6) is 1.25. The van der Waals surface area contributed by atoms with Gasteiger partial charge in [0, 0.05) is 28.0 Å². The van der Waals surface area contributed by atoms with Gasteiger partial charge < -0.3 is 4.74 Å². The molecule has 0 aliphatic carbocycles. The predicted octanol–water partition coefficient (Wildman–Crippen LogP) is 5.24. The van der Waals surface area contributed by atoms with Crippen LogP contribution in [0.15, 0.2) is 36.4 Å². The fraction of sp³-hybridized carbons (Fsp3) is 0.143. The number of benzene rings is 2. The van der Waals surface area contributed by atoms with Crippen LogP contribution in [-0.4, -0.2) is 4.92 Å². The Hall–Kier alpha value is -1.59. The van der Waals surface area contributed by atoms with Crippen LogP contribution in [0, 0.1) is 17.0 Å². The molecule has 0 fully saturated rings. The average molecular weight is 357 g/mol. The van der Waals surface area contributed by atoms with Gasteiger partial charge in [-0.25, -0.2) is 0 Å². The third-order valence-electron chi connectivity index (χ3n) is 2.76. The van der Waals surface area contributed by atoms with Crippen molar-refractivity contribution in [1.29, 1.82) is 0 Å². The van der Waals surface area contributed by atoms with E-state index < -0.39 is 4.92 Å². The highest BCUT2D eigenvalue weighted by molar-refractivity contribution is 9.08. The maximum Gasteiger partial charge on any atom is 0.270 e. The van der Waals surface area contributed by atoms with Gasteiger partial charge >= 0.3 is 0 Å².